The van der Waals surface area contributed by atoms with Gasteiger partial charge in [-0.25, -0.2) is 0 Å². The average molecular weight is 239 g/mol. The summed E-state index contributed by atoms with van der Waals surface area (Å²) in [4.78, 5) is 0. The number of para-hydroxylation sites is 2. The van der Waals surface area contributed by atoms with Crippen molar-refractivity contribution < 1.29 is 4.74 Å². The van der Waals surface area contributed by atoms with Crippen molar-refractivity contribution in [3.05, 3.63) is 59.7 Å². The van der Waals surface area contributed by atoms with Crippen molar-refractivity contribution >= 4 is 5.69 Å². The molecule has 1 unspecified atom stereocenters. The number of benzene rings is 2. The highest BCUT2D eigenvalue weighted by Crippen LogP contribution is 2.29. The highest BCUT2D eigenvalue weighted by molar-refractivity contribution is 5.57. The third-order valence-electron chi connectivity index (χ3n) is 3.28. The molecule has 2 aromatic rings. The molecule has 0 bridgehead atoms. The number of ether oxygens (including phenoxy) is 1. The van der Waals surface area contributed by atoms with Gasteiger partial charge in [0.2, 0.25) is 0 Å². The molecule has 18 heavy (non-hydrogen) atoms. The Kier molecular flexibility index (Phi) is 2.93. The Balaban J connectivity index is 1.71. The Morgan fingerprint density at radius 1 is 1.11 bits per heavy atom. The van der Waals surface area contributed by atoms with Gasteiger partial charge in [-0.2, -0.15) is 0 Å². The largest absolute Gasteiger partial charge is 0.486 e. The minimum atomic E-state index is 0.211. The van der Waals surface area contributed by atoms with Crippen LogP contribution in [0.3, 0.4) is 0 Å². The third kappa shape index (κ3) is 2.33. The summed E-state index contributed by atoms with van der Waals surface area (Å²) in [6.07, 6.45) is 1.16. The highest BCUT2D eigenvalue weighted by atomic mass is 16.5. The Bertz CT molecular complexity index is 533. The van der Waals surface area contributed by atoms with E-state index in [0.29, 0.717) is 0 Å². The molecule has 0 saturated carbocycles. The second-order valence-electron chi connectivity index (χ2n) is 4.81. The Labute approximate surface area is 108 Å². The van der Waals surface area contributed by atoms with Crippen molar-refractivity contribution in [2.45, 2.75) is 19.4 Å². The molecule has 1 aliphatic rings. The summed E-state index contributed by atoms with van der Waals surface area (Å²) in [6.45, 7) is 2.98. The van der Waals surface area contributed by atoms with Gasteiger partial charge in [0.25, 0.3) is 0 Å². The lowest BCUT2D eigenvalue weighted by molar-refractivity contribution is 0.206. The van der Waals surface area contributed by atoms with E-state index < -0.39 is 0 Å². The van der Waals surface area contributed by atoms with Crippen LogP contribution in [0.25, 0.3) is 0 Å². The number of rotatable bonds is 2. The first-order valence-electron chi connectivity index (χ1n) is 6.36. The molecule has 92 valence electrons. The van der Waals surface area contributed by atoms with E-state index in [-0.39, 0.29) is 6.10 Å². The lowest BCUT2D eigenvalue weighted by Gasteiger charge is -2.27. The second kappa shape index (κ2) is 4.73. The molecule has 1 atom stereocenters. The van der Waals surface area contributed by atoms with Crippen molar-refractivity contribution in [2.24, 2.45) is 0 Å². The lowest BCUT2D eigenvalue weighted by Crippen LogP contribution is -2.32. The molecule has 0 amide bonds. The summed E-state index contributed by atoms with van der Waals surface area (Å²) in [5.41, 5.74) is 3.72. The van der Waals surface area contributed by atoms with Crippen LogP contribution in [-0.2, 0) is 6.42 Å². The van der Waals surface area contributed by atoms with E-state index in [1.807, 2.05) is 18.2 Å². The first-order valence-corrected chi connectivity index (χ1v) is 6.36. The van der Waals surface area contributed by atoms with E-state index in [2.05, 4.69) is 42.6 Å². The smallest absolute Gasteiger partial charge is 0.142 e. The van der Waals surface area contributed by atoms with Crippen LogP contribution in [0.4, 0.5) is 5.69 Å². The lowest BCUT2D eigenvalue weighted by atomic mass is 10.1. The maximum absolute atomic E-state index is 6.00. The standard InChI is InChI=1S/C16H17NO/c1-12-6-8-13(9-7-12)10-14-11-17-15-4-2-3-5-16(15)18-14/h2-9,14,17H,10-11H2,1H3. The van der Waals surface area contributed by atoms with E-state index >= 15 is 0 Å². The normalized spacial score (nSPS) is 17.5. The number of nitrogens with one attached hydrogen (secondary N) is 1. The monoisotopic (exact) mass is 239 g/mol. The Hall–Kier alpha value is -1.96. The highest BCUT2D eigenvalue weighted by Gasteiger charge is 2.18. The van der Waals surface area contributed by atoms with E-state index in [9.17, 15) is 0 Å². The van der Waals surface area contributed by atoms with E-state index in [4.69, 9.17) is 4.74 Å². The van der Waals surface area contributed by atoms with Gasteiger partial charge >= 0.3 is 0 Å². The van der Waals surface area contributed by atoms with Crippen LogP contribution in [0, 0.1) is 6.92 Å². The van der Waals surface area contributed by atoms with Crippen LogP contribution in [0.1, 0.15) is 11.1 Å². The van der Waals surface area contributed by atoms with Crippen LogP contribution in [0.5, 0.6) is 5.75 Å². The van der Waals surface area contributed by atoms with E-state index in [1.54, 1.807) is 0 Å². The molecule has 2 aromatic carbocycles. The van der Waals surface area contributed by atoms with Crippen molar-refractivity contribution in [2.75, 3.05) is 11.9 Å². The first-order chi connectivity index (χ1) is 8.81. The third-order valence-corrected chi connectivity index (χ3v) is 3.28. The van der Waals surface area contributed by atoms with Crippen molar-refractivity contribution in [3.63, 3.8) is 0 Å². The Morgan fingerprint density at radius 2 is 1.89 bits per heavy atom. The molecule has 0 spiro atoms. The molecule has 2 heteroatoms. The van der Waals surface area contributed by atoms with Crippen LogP contribution >= 0.6 is 0 Å². The van der Waals surface area contributed by atoms with Gasteiger partial charge in [0.05, 0.1) is 12.2 Å². The van der Waals surface area contributed by atoms with Gasteiger partial charge in [0, 0.05) is 6.42 Å². The van der Waals surface area contributed by atoms with Crippen molar-refractivity contribution in [1.82, 2.24) is 0 Å². The summed E-state index contributed by atoms with van der Waals surface area (Å²) in [7, 11) is 0. The molecule has 0 saturated heterocycles. The second-order valence-corrected chi connectivity index (χ2v) is 4.81. The molecular formula is C16H17NO. The minimum absolute atomic E-state index is 0.211. The molecular weight excluding hydrogens is 222 g/mol. The van der Waals surface area contributed by atoms with Gasteiger partial charge in [-0.1, -0.05) is 42.0 Å². The minimum Gasteiger partial charge on any atom is -0.486 e. The van der Waals surface area contributed by atoms with E-state index in [1.165, 1.54) is 11.1 Å². The fraction of sp³-hybridized carbons (Fsp3) is 0.250. The average Bonchev–Trinajstić information content (AvgIpc) is 2.41. The number of hydrogen-bond donors (Lipinski definition) is 1. The van der Waals surface area contributed by atoms with Gasteiger partial charge in [-0.3, -0.25) is 0 Å². The van der Waals surface area contributed by atoms with Crippen LogP contribution in [0.2, 0.25) is 0 Å². The molecule has 1 heterocycles. The zero-order valence-corrected chi connectivity index (χ0v) is 10.5. The zero-order valence-electron chi connectivity index (χ0n) is 10.5. The number of aryl methyl sites for hydroxylation is 1. The fourth-order valence-electron chi connectivity index (χ4n) is 2.26. The van der Waals surface area contributed by atoms with Gasteiger partial charge in [0.1, 0.15) is 11.9 Å². The maximum Gasteiger partial charge on any atom is 0.142 e. The zero-order chi connectivity index (χ0) is 12.4. The predicted octanol–water partition coefficient (Wildman–Crippen LogP) is 3.41. The number of fused-ring (bicyclic) bond motifs is 1. The summed E-state index contributed by atoms with van der Waals surface area (Å²) < 4.78 is 6.00. The predicted molar refractivity (Wildman–Crippen MR) is 74.2 cm³/mol. The Morgan fingerprint density at radius 3 is 2.72 bits per heavy atom. The van der Waals surface area contributed by atoms with Gasteiger partial charge in [-0.15, -0.1) is 0 Å². The van der Waals surface area contributed by atoms with Gasteiger partial charge in [0.15, 0.2) is 0 Å². The molecule has 0 aliphatic carbocycles. The quantitative estimate of drug-likeness (QED) is 0.867. The number of hydrogen-bond acceptors (Lipinski definition) is 2. The summed E-state index contributed by atoms with van der Waals surface area (Å²) in [6, 6.07) is 16.8. The van der Waals surface area contributed by atoms with Crippen LogP contribution < -0.4 is 10.1 Å². The van der Waals surface area contributed by atoms with Gasteiger partial charge < -0.3 is 10.1 Å². The summed E-state index contributed by atoms with van der Waals surface area (Å²) in [5.74, 6) is 0.959. The SMILES string of the molecule is Cc1ccc(CC2CNc3ccccc3O2)cc1. The molecule has 3 rings (SSSR count). The topological polar surface area (TPSA) is 21.3 Å². The molecule has 0 aromatic heterocycles. The van der Waals surface area contributed by atoms with Crippen molar-refractivity contribution in [1.29, 1.82) is 0 Å². The van der Waals surface area contributed by atoms with Crippen molar-refractivity contribution in [3.8, 4) is 5.75 Å². The number of anilines is 1. The van der Waals surface area contributed by atoms with Gasteiger partial charge in [-0.05, 0) is 24.6 Å². The van der Waals surface area contributed by atoms with E-state index in [0.717, 1.165) is 24.4 Å². The molecule has 1 aliphatic heterocycles. The fourth-order valence-corrected chi connectivity index (χ4v) is 2.26. The molecule has 0 fully saturated rings. The molecule has 2 nitrogen and oxygen atoms in total. The molecule has 0 radical (unpaired) electrons. The maximum atomic E-state index is 6.00. The summed E-state index contributed by atoms with van der Waals surface area (Å²) in [5, 5.41) is 3.42. The summed E-state index contributed by atoms with van der Waals surface area (Å²) >= 11 is 0. The van der Waals surface area contributed by atoms with Crippen LogP contribution in [-0.4, -0.2) is 12.6 Å². The van der Waals surface area contributed by atoms with Crippen LogP contribution in [0.15, 0.2) is 48.5 Å². The molecule has 1 N–H and O–H groups in total. The first kappa shape index (κ1) is 11.1.